The van der Waals surface area contributed by atoms with Gasteiger partial charge in [-0.2, -0.15) is 5.10 Å². The predicted molar refractivity (Wildman–Crippen MR) is 105 cm³/mol. The molecule has 4 heterocycles. The average Bonchev–Trinajstić information content (AvgIpc) is 3.31. The number of fused-ring (bicyclic) bond motifs is 1. The van der Waals surface area contributed by atoms with Gasteiger partial charge in [-0.15, -0.1) is 0 Å². The smallest absolute Gasteiger partial charge is 0.137 e. The highest BCUT2D eigenvalue weighted by Gasteiger charge is 2.20. The molecule has 0 bridgehead atoms. The van der Waals surface area contributed by atoms with Crippen molar-refractivity contribution < 1.29 is 9.47 Å². The quantitative estimate of drug-likeness (QED) is 0.743. The van der Waals surface area contributed by atoms with Crippen molar-refractivity contribution in [2.24, 2.45) is 0 Å². The fourth-order valence-electron chi connectivity index (χ4n) is 3.46. The van der Waals surface area contributed by atoms with Crippen LogP contribution in [0, 0.1) is 6.92 Å². The van der Waals surface area contributed by atoms with E-state index in [2.05, 4.69) is 35.3 Å². The van der Waals surface area contributed by atoms with E-state index in [-0.39, 0.29) is 6.04 Å². The minimum Gasteiger partial charge on any atom is -0.495 e. The van der Waals surface area contributed by atoms with Crippen LogP contribution in [0.3, 0.4) is 0 Å². The van der Waals surface area contributed by atoms with Crippen molar-refractivity contribution in [2.75, 3.05) is 25.6 Å². The van der Waals surface area contributed by atoms with Gasteiger partial charge in [-0.3, -0.25) is 9.67 Å². The van der Waals surface area contributed by atoms with E-state index in [0.29, 0.717) is 18.4 Å². The monoisotopic (exact) mass is 367 g/mol. The van der Waals surface area contributed by atoms with E-state index in [1.807, 2.05) is 23.9 Å². The molecule has 27 heavy (non-hydrogen) atoms. The molecular weight excluding hydrogens is 342 g/mol. The summed E-state index contributed by atoms with van der Waals surface area (Å²) in [6.07, 6.45) is 4.55. The standard InChI is InChI=1S/C20H25N5O2/c1-12(2)25-20-18(23-14-5-6-27-11-14)8-17(24-19(20)10-22-25)16-7-15(26-4)9-21-13(16)3/h7-10,12,14H,5-6,11H2,1-4H3,(H,23,24). The molecule has 7 heteroatoms. The van der Waals surface area contributed by atoms with Crippen LogP contribution in [0.25, 0.3) is 22.3 Å². The Kier molecular flexibility index (Phi) is 4.70. The zero-order valence-electron chi connectivity index (χ0n) is 16.2. The average molecular weight is 367 g/mol. The molecule has 4 rings (SSSR count). The summed E-state index contributed by atoms with van der Waals surface area (Å²) < 4.78 is 12.9. The number of nitrogens with one attached hydrogen (secondary N) is 1. The second kappa shape index (κ2) is 7.15. The summed E-state index contributed by atoms with van der Waals surface area (Å²) in [5, 5.41) is 8.21. The molecule has 0 aromatic carbocycles. The highest BCUT2D eigenvalue weighted by Crippen LogP contribution is 2.33. The van der Waals surface area contributed by atoms with Crippen LogP contribution >= 0.6 is 0 Å². The first-order valence-electron chi connectivity index (χ1n) is 9.30. The van der Waals surface area contributed by atoms with Crippen LogP contribution in [0.5, 0.6) is 5.75 Å². The lowest BCUT2D eigenvalue weighted by Crippen LogP contribution is -2.20. The minimum absolute atomic E-state index is 0.246. The van der Waals surface area contributed by atoms with E-state index in [1.54, 1.807) is 13.3 Å². The molecule has 1 unspecified atom stereocenters. The number of ether oxygens (including phenoxy) is 2. The van der Waals surface area contributed by atoms with Crippen LogP contribution in [-0.2, 0) is 4.74 Å². The topological polar surface area (TPSA) is 74.1 Å². The van der Waals surface area contributed by atoms with E-state index in [1.165, 1.54) is 0 Å². The van der Waals surface area contributed by atoms with Crippen molar-refractivity contribution in [3.05, 3.63) is 30.2 Å². The maximum atomic E-state index is 5.54. The molecule has 7 nitrogen and oxygen atoms in total. The maximum absolute atomic E-state index is 5.54. The molecule has 0 amide bonds. The Morgan fingerprint density at radius 1 is 1.30 bits per heavy atom. The number of aryl methyl sites for hydroxylation is 1. The van der Waals surface area contributed by atoms with Gasteiger partial charge in [0.15, 0.2) is 0 Å². The van der Waals surface area contributed by atoms with Gasteiger partial charge >= 0.3 is 0 Å². The van der Waals surface area contributed by atoms with Crippen molar-refractivity contribution in [2.45, 2.75) is 39.3 Å². The van der Waals surface area contributed by atoms with Gasteiger partial charge in [0.1, 0.15) is 16.8 Å². The van der Waals surface area contributed by atoms with Crippen LogP contribution in [0.4, 0.5) is 5.69 Å². The number of nitrogens with zero attached hydrogens (tertiary/aromatic N) is 4. The largest absolute Gasteiger partial charge is 0.495 e. The van der Waals surface area contributed by atoms with E-state index in [4.69, 9.17) is 14.5 Å². The molecule has 0 aliphatic carbocycles. The first-order valence-corrected chi connectivity index (χ1v) is 9.30. The summed E-state index contributed by atoms with van der Waals surface area (Å²) in [5.74, 6) is 0.717. The number of hydrogen-bond acceptors (Lipinski definition) is 6. The number of hydrogen-bond donors (Lipinski definition) is 1. The highest BCUT2D eigenvalue weighted by atomic mass is 16.5. The Morgan fingerprint density at radius 2 is 2.15 bits per heavy atom. The Balaban J connectivity index is 1.87. The van der Waals surface area contributed by atoms with Gasteiger partial charge in [-0.05, 0) is 39.3 Å². The molecule has 1 fully saturated rings. The molecule has 1 aliphatic rings. The molecule has 1 N–H and O–H groups in total. The van der Waals surface area contributed by atoms with Gasteiger partial charge < -0.3 is 14.8 Å². The van der Waals surface area contributed by atoms with Crippen LogP contribution < -0.4 is 10.1 Å². The van der Waals surface area contributed by atoms with Gasteiger partial charge in [0.05, 0.1) is 43.5 Å². The summed E-state index contributed by atoms with van der Waals surface area (Å²) in [5.41, 5.74) is 5.64. The Hall–Kier alpha value is -2.67. The molecule has 3 aromatic rings. The minimum atomic E-state index is 0.246. The second-order valence-electron chi connectivity index (χ2n) is 7.18. The molecule has 3 aromatic heterocycles. The number of methoxy groups -OCH3 is 1. The number of aromatic nitrogens is 4. The summed E-state index contributed by atoms with van der Waals surface area (Å²) in [4.78, 5) is 9.32. The van der Waals surface area contributed by atoms with Crippen molar-refractivity contribution in [3.63, 3.8) is 0 Å². The summed E-state index contributed by atoms with van der Waals surface area (Å²) in [7, 11) is 1.65. The van der Waals surface area contributed by atoms with Gasteiger partial charge in [-0.25, -0.2) is 4.98 Å². The molecular formula is C20H25N5O2. The van der Waals surface area contributed by atoms with E-state index in [0.717, 1.165) is 46.7 Å². The third-order valence-electron chi connectivity index (χ3n) is 4.91. The first kappa shape index (κ1) is 17.7. The summed E-state index contributed by atoms with van der Waals surface area (Å²) in [6, 6.07) is 4.61. The van der Waals surface area contributed by atoms with Crippen LogP contribution in [0.1, 0.15) is 32.0 Å². The first-order chi connectivity index (χ1) is 13.1. The van der Waals surface area contributed by atoms with E-state index < -0.39 is 0 Å². The zero-order chi connectivity index (χ0) is 19.0. The fourth-order valence-corrected chi connectivity index (χ4v) is 3.46. The SMILES string of the molecule is COc1cnc(C)c(-c2cc(NC3CCOC3)c3c(cnn3C(C)C)n2)c1. The molecule has 1 aliphatic heterocycles. The summed E-state index contributed by atoms with van der Waals surface area (Å²) in [6.45, 7) is 7.74. The highest BCUT2D eigenvalue weighted by molar-refractivity contribution is 5.91. The van der Waals surface area contributed by atoms with Crippen molar-refractivity contribution in [1.29, 1.82) is 0 Å². The van der Waals surface area contributed by atoms with Crippen molar-refractivity contribution in [1.82, 2.24) is 19.7 Å². The number of anilines is 1. The van der Waals surface area contributed by atoms with Gasteiger partial charge in [0.25, 0.3) is 0 Å². The van der Waals surface area contributed by atoms with Crippen LogP contribution in [0.2, 0.25) is 0 Å². The molecule has 0 radical (unpaired) electrons. The lowest BCUT2D eigenvalue weighted by atomic mass is 10.1. The zero-order valence-corrected chi connectivity index (χ0v) is 16.2. The number of rotatable bonds is 5. The van der Waals surface area contributed by atoms with Crippen LogP contribution in [-0.4, -0.2) is 46.1 Å². The fraction of sp³-hybridized carbons (Fsp3) is 0.450. The van der Waals surface area contributed by atoms with Crippen LogP contribution in [0.15, 0.2) is 24.5 Å². The summed E-state index contributed by atoms with van der Waals surface area (Å²) >= 11 is 0. The Labute approximate surface area is 158 Å². The molecule has 1 saturated heterocycles. The lowest BCUT2D eigenvalue weighted by molar-refractivity contribution is 0.195. The lowest BCUT2D eigenvalue weighted by Gasteiger charge is -2.17. The Morgan fingerprint density at radius 3 is 2.85 bits per heavy atom. The molecule has 142 valence electrons. The van der Waals surface area contributed by atoms with Gasteiger partial charge in [0.2, 0.25) is 0 Å². The van der Waals surface area contributed by atoms with Crippen molar-refractivity contribution >= 4 is 16.7 Å². The predicted octanol–water partition coefficient (Wildman–Crippen LogP) is 3.59. The van der Waals surface area contributed by atoms with E-state index >= 15 is 0 Å². The normalized spacial score (nSPS) is 17.0. The molecule has 0 spiro atoms. The molecule has 0 saturated carbocycles. The van der Waals surface area contributed by atoms with E-state index in [9.17, 15) is 0 Å². The molecule has 1 atom stereocenters. The van der Waals surface area contributed by atoms with Gasteiger partial charge in [-0.1, -0.05) is 0 Å². The second-order valence-corrected chi connectivity index (χ2v) is 7.18. The number of pyridine rings is 2. The maximum Gasteiger partial charge on any atom is 0.137 e. The van der Waals surface area contributed by atoms with Gasteiger partial charge in [0, 0.05) is 23.9 Å². The third kappa shape index (κ3) is 3.35. The van der Waals surface area contributed by atoms with Crippen molar-refractivity contribution in [3.8, 4) is 17.0 Å². The third-order valence-corrected chi connectivity index (χ3v) is 4.91. The Bertz CT molecular complexity index is 960.